The van der Waals surface area contributed by atoms with Gasteiger partial charge in [-0.1, -0.05) is 12.1 Å². The Hall–Kier alpha value is -2.21. The summed E-state index contributed by atoms with van der Waals surface area (Å²) in [6.07, 6.45) is 1.53. The summed E-state index contributed by atoms with van der Waals surface area (Å²) in [4.78, 5) is 11.8. The zero-order valence-electron chi connectivity index (χ0n) is 9.61. The number of nitrogens with one attached hydrogen (secondary N) is 2. The molecule has 5 nitrogen and oxygen atoms in total. The van der Waals surface area contributed by atoms with Crippen molar-refractivity contribution in [1.82, 2.24) is 15.5 Å². The minimum absolute atomic E-state index is 0.280. The molecule has 0 radical (unpaired) electrons. The molecule has 2 aromatic rings. The summed E-state index contributed by atoms with van der Waals surface area (Å²) in [5, 5.41) is 9.12. The lowest BCUT2D eigenvalue weighted by molar-refractivity contribution is 0.0950. The van der Waals surface area contributed by atoms with E-state index in [2.05, 4.69) is 15.5 Å². The van der Waals surface area contributed by atoms with Crippen LogP contribution in [0, 0.1) is 5.82 Å². The number of amides is 1. The van der Waals surface area contributed by atoms with Gasteiger partial charge in [0.25, 0.3) is 5.91 Å². The van der Waals surface area contributed by atoms with Gasteiger partial charge < -0.3 is 11.1 Å². The average molecular weight is 248 g/mol. The van der Waals surface area contributed by atoms with E-state index in [4.69, 9.17) is 5.73 Å². The maximum Gasteiger partial charge on any atom is 0.269 e. The maximum absolute atomic E-state index is 12.8. The Bertz CT molecular complexity index is 535. The van der Waals surface area contributed by atoms with Gasteiger partial charge in [-0.15, -0.1) is 0 Å². The molecule has 0 aliphatic rings. The van der Waals surface area contributed by atoms with Crippen molar-refractivity contribution in [2.45, 2.75) is 0 Å². The van der Waals surface area contributed by atoms with Crippen molar-refractivity contribution in [3.05, 3.63) is 42.0 Å². The second-order valence-corrected chi connectivity index (χ2v) is 3.71. The van der Waals surface area contributed by atoms with E-state index in [0.29, 0.717) is 24.3 Å². The van der Waals surface area contributed by atoms with E-state index < -0.39 is 0 Å². The quantitative estimate of drug-likeness (QED) is 0.751. The molecule has 6 heteroatoms. The molecule has 0 bridgehead atoms. The van der Waals surface area contributed by atoms with Crippen molar-refractivity contribution >= 4 is 5.91 Å². The lowest BCUT2D eigenvalue weighted by atomic mass is 10.1. The molecule has 0 unspecified atom stereocenters. The van der Waals surface area contributed by atoms with Crippen LogP contribution < -0.4 is 11.1 Å². The number of carbonyl (C=O) groups excluding carboxylic acids is 1. The zero-order valence-corrected chi connectivity index (χ0v) is 9.61. The summed E-state index contributed by atoms with van der Waals surface area (Å²) in [6, 6.07) is 5.87. The van der Waals surface area contributed by atoms with Gasteiger partial charge in [-0.05, 0) is 17.7 Å². The molecule has 1 heterocycles. The summed E-state index contributed by atoms with van der Waals surface area (Å²) < 4.78 is 12.8. The van der Waals surface area contributed by atoms with Gasteiger partial charge in [0.15, 0.2) is 0 Å². The average Bonchev–Trinajstić information content (AvgIpc) is 2.86. The normalized spacial score (nSPS) is 10.3. The van der Waals surface area contributed by atoms with Crippen LogP contribution in [-0.2, 0) is 0 Å². The van der Waals surface area contributed by atoms with E-state index in [1.807, 2.05) is 0 Å². The molecule has 18 heavy (non-hydrogen) atoms. The molecule has 0 spiro atoms. The zero-order chi connectivity index (χ0) is 13.0. The van der Waals surface area contributed by atoms with Crippen molar-refractivity contribution in [3.63, 3.8) is 0 Å². The van der Waals surface area contributed by atoms with Crippen LogP contribution in [0.25, 0.3) is 11.1 Å². The molecular weight excluding hydrogens is 235 g/mol. The number of H-pyrrole nitrogens is 1. The van der Waals surface area contributed by atoms with Gasteiger partial charge in [0.1, 0.15) is 11.5 Å². The van der Waals surface area contributed by atoms with Crippen LogP contribution in [0.15, 0.2) is 30.5 Å². The molecule has 1 amide bonds. The number of benzene rings is 1. The van der Waals surface area contributed by atoms with Gasteiger partial charge in [-0.25, -0.2) is 4.39 Å². The van der Waals surface area contributed by atoms with Crippen LogP contribution in [-0.4, -0.2) is 29.2 Å². The van der Waals surface area contributed by atoms with E-state index in [1.54, 1.807) is 12.1 Å². The SMILES string of the molecule is NCCNC(=O)c1[nH]ncc1-c1ccc(F)cc1. The highest BCUT2D eigenvalue weighted by Gasteiger charge is 2.14. The van der Waals surface area contributed by atoms with Crippen molar-refractivity contribution in [3.8, 4) is 11.1 Å². The molecule has 94 valence electrons. The summed E-state index contributed by atoms with van der Waals surface area (Å²) >= 11 is 0. The van der Waals surface area contributed by atoms with E-state index in [9.17, 15) is 9.18 Å². The van der Waals surface area contributed by atoms with Crippen LogP contribution >= 0.6 is 0 Å². The van der Waals surface area contributed by atoms with Gasteiger partial charge in [0, 0.05) is 18.7 Å². The van der Waals surface area contributed by atoms with E-state index >= 15 is 0 Å². The third-order valence-electron chi connectivity index (χ3n) is 2.45. The first-order valence-electron chi connectivity index (χ1n) is 5.50. The predicted octanol–water partition coefficient (Wildman–Crippen LogP) is 0.904. The largest absolute Gasteiger partial charge is 0.349 e. The number of hydrogen-bond donors (Lipinski definition) is 3. The first-order valence-corrected chi connectivity index (χ1v) is 5.50. The number of nitrogens with two attached hydrogens (primary N) is 1. The van der Waals surface area contributed by atoms with Crippen molar-refractivity contribution in [1.29, 1.82) is 0 Å². The van der Waals surface area contributed by atoms with Gasteiger partial charge in [-0.2, -0.15) is 5.10 Å². The topological polar surface area (TPSA) is 83.8 Å². The van der Waals surface area contributed by atoms with Crippen LogP contribution in [0.1, 0.15) is 10.5 Å². The van der Waals surface area contributed by atoms with Crippen molar-refractivity contribution < 1.29 is 9.18 Å². The second kappa shape index (κ2) is 5.42. The molecule has 0 atom stereocenters. The Labute approximate surface area is 103 Å². The van der Waals surface area contributed by atoms with Crippen LogP contribution in [0.5, 0.6) is 0 Å². The van der Waals surface area contributed by atoms with Gasteiger partial charge in [0.2, 0.25) is 0 Å². The molecule has 0 saturated carbocycles. The minimum Gasteiger partial charge on any atom is -0.349 e. The first-order chi connectivity index (χ1) is 8.72. The monoisotopic (exact) mass is 248 g/mol. The van der Waals surface area contributed by atoms with E-state index in [0.717, 1.165) is 5.56 Å². The Morgan fingerprint density at radius 2 is 2.11 bits per heavy atom. The number of hydrogen-bond acceptors (Lipinski definition) is 3. The number of rotatable bonds is 4. The molecule has 4 N–H and O–H groups in total. The fourth-order valence-electron chi connectivity index (χ4n) is 1.58. The smallest absolute Gasteiger partial charge is 0.269 e. The standard InChI is InChI=1S/C12H13FN4O/c13-9-3-1-8(2-4-9)10-7-16-17-11(10)12(18)15-6-5-14/h1-4,7H,5-6,14H2,(H,15,18)(H,16,17). The summed E-state index contributed by atoms with van der Waals surface area (Å²) in [6.45, 7) is 0.756. The molecule has 0 fully saturated rings. The summed E-state index contributed by atoms with van der Waals surface area (Å²) in [5.41, 5.74) is 7.01. The van der Waals surface area contributed by atoms with Crippen LogP contribution in [0.3, 0.4) is 0 Å². The lowest BCUT2D eigenvalue weighted by Gasteiger charge is -2.04. The van der Waals surface area contributed by atoms with Crippen LogP contribution in [0.2, 0.25) is 0 Å². The Kier molecular flexibility index (Phi) is 3.69. The third-order valence-corrected chi connectivity index (χ3v) is 2.45. The van der Waals surface area contributed by atoms with Crippen LogP contribution in [0.4, 0.5) is 4.39 Å². The van der Waals surface area contributed by atoms with Gasteiger partial charge >= 0.3 is 0 Å². The number of aromatic nitrogens is 2. The third kappa shape index (κ3) is 2.54. The first kappa shape index (κ1) is 12.3. The maximum atomic E-state index is 12.8. The molecule has 1 aromatic carbocycles. The second-order valence-electron chi connectivity index (χ2n) is 3.71. The molecule has 2 rings (SSSR count). The number of aromatic amines is 1. The Morgan fingerprint density at radius 1 is 1.39 bits per heavy atom. The molecule has 0 saturated heterocycles. The summed E-state index contributed by atoms with van der Waals surface area (Å²) in [7, 11) is 0. The Morgan fingerprint density at radius 3 is 2.78 bits per heavy atom. The number of halogens is 1. The summed E-state index contributed by atoms with van der Waals surface area (Å²) in [5.74, 6) is -0.603. The molecular formula is C12H13FN4O. The van der Waals surface area contributed by atoms with Gasteiger partial charge in [0.05, 0.1) is 6.20 Å². The highest BCUT2D eigenvalue weighted by atomic mass is 19.1. The lowest BCUT2D eigenvalue weighted by Crippen LogP contribution is -2.29. The fraction of sp³-hybridized carbons (Fsp3) is 0.167. The number of nitrogens with zero attached hydrogens (tertiary/aromatic N) is 1. The minimum atomic E-state index is -0.323. The van der Waals surface area contributed by atoms with E-state index in [-0.39, 0.29) is 11.7 Å². The van der Waals surface area contributed by atoms with Crippen molar-refractivity contribution in [2.24, 2.45) is 5.73 Å². The highest BCUT2D eigenvalue weighted by Crippen LogP contribution is 2.21. The fourth-order valence-corrected chi connectivity index (χ4v) is 1.58. The van der Waals surface area contributed by atoms with Gasteiger partial charge in [-0.3, -0.25) is 9.89 Å². The van der Waals surface area contributed by atoms with Crippen molar-refractivity contribution in [2.75, 3.05) is 13.1 Å². The molecule has 1 aromatic heterocycles. The molecule has 0 aliphatic carbocycles. The molecule has 0 aliphatic heterocycles. The Balaban J connectivity index is 2.27. The highest BCUT2D eigenvalue weighted by molar-refractivity contribution is 5.98. The predicted molar refractivity (Wildman–Crippen MR) is 65.4 cm³/mol. The van der Waals surface area contributed by atoms with E-state index in [1.165, 1.54) is 18.3 Å². The number of carbonyl (C=O) groups is 1.